The highest BCUT2D eigenvalue weighted by Gasteiger charge is 2.25. The van der Waals surface area contributed by atoms with Crippen LogP contribution in [0.1, 0.15) is 41.9 Å². The van der Waals surface area contributed by atoms with Gasteiger partial charge < -0.3 is 20.3 Å². The van der Waals surface area contributed by atoms with Crippen molar-refractivity contribution in [3.63, 3.8) is 0 Å². The molecule has 10 heteroatoms. The first-order valence-electron chi connectivity index (χ1n) is 13.2. The molecule has 200 valence electrons. The molecule has 10 nitrogen and oxygen atoms in total. The van der Waals surface area contributed by atoms with Gasteiger partial charge in [-0.05, 0) is 39.2 Å². The average Bonchev–Trinajstić information content (AvgIpc) is 3.45. The summed E-state index contributed by atoms with van der Waals surface area (Å²) in [7, 11) is 1.94. The van der Waals surface area contributed by atoms with Crippen molar-refractivity contribution in [2.75, 3.05) is 37.7 Å². The highest BCUT2D eigenvalue weighted by Crippen LogP contribution is 2.32. The van der Waals surface area contributed by atoms with Crippen LogP contribution in [0, 0.1) is 13.8 Å². The van der Waals surface area contributed by atoms with Crippen molar-refractivity contribution in [2.45, 2.75) is 58.7 Å². The topological polar surface area (TPSA) is 102 Å². The van der Waals surface area contributed by atoms with E-state index in [9.17, 15) is 4.79 Å². The number of aryl methyl sites for hydroxylation is 4. The predicted octanol–water partition coefficient (Wildman–Crippen LogP) is 2.42. The minimum atomic E-state index is 0.0486. The maximum atomic E-state index is 10.6. The Bertz CT molecular complexity index is 1190. The monoisotopic (exact) mass is 508 g/mol. The largest absolute Gasteiger partial charge is 0.379 e. The molecule has 3 aromatic heterocycles. The van der Waals surface area contributed by atoms with E-state index in [4.69, 9.17) is 9.84 Å². The lowest BCUT2D eigenvalue weighted by molar-refractivity contribution is -0.109. The molecule has 1 saturated heterocycles. The average molecular weight is 509 g/mol. The maximum Gasteiger partial charge on any atom is 0.207 e. The fourth-order valence-corrected chi connectivity index (χ4v) is 5.03. The van der Waals surface area contributed by atoms with E-state index in [0.717, 1.165) is 100 Å². The van der Waals surface area contributed by atoms with Crippen LogP contribution in [0.25, 0.3) is 11.0 Å². The summed E-state index contributed by atoms with van der Waals surface area (Å²) in [5.41, 5.74) is 6.94. The van der Waals surface area contributed by atoms with E-state index in [1.807, 2.05) is 24.9 Å². The Morgan fingerprint density at radius 3 is 2.76 bits per heavy atom. The molecular formula is C27H40N8O2. The van der Waals surface area contributed by atoms with Gasteiger partial charge in [-0.3, -0.25) is 14.2 Å². The van der Waals surface area contributed by atoms with Gasteiger partial charge in [0, 0.05) is 69.2 Å². The Balaban J connectivity index is 0.000000469. The zero-order valence-electron chi connectivity index (χ0n) is 22.4. The van der Waals surface area contributed by atoms with Gasteiger partial charge in [-0.15, -0.1) is 6.58 Å². The molecule has 0 aromatic carbocycles. The number of hydrogen-bond donors (Lipinski definition) is 2. The number of carbonyl (C=O) groups is 1. The molecule has 3 aromatic rings. The highest BCUT2D eigenvalue weighted by molar-refractivity contribution is 5.89. The minimum Gasteiger partial charge on any atom is -0.379 e. The molecule has 2 aliphatic rings. The summed E-state index contributed by atoms with van der Waals surface area (Å²) in [6.07, 6.45) is 8.38. The summed E-state index contributed by atoms with van der Waals surface area (Å²) >= 11 is 0. The second-order valence-corrected chi connectivity index (χ2v) is 9.68. The van der Waals surface area contributed by atoms with Gasteiger partial charge in [-0.1, -0.05) is 6.08 Å². The number of anilines is 1. The maximum absolute atomic E-state index is 10.6. The van der Waals surface area contributed by atoms with Gasteiger partial charge in [0.15, 0.2) is 5.65 Å². The van der Waals surface area contributed by atoms with Crippen molar-refractivity contribution in [3.05, 3.63) is 47.6 Å². The van der Waals surface area contributed by atoms with Gasteiger partial charge >= 0.3 is 0 Å². The number of rotatable bonds is 9. The number of fused-ring (bicyclic) bond motifs is 2. The van der Waals surface area contributed by atoms with Gasteiger partial charge in [-0.2, -0.15) is 10.2 Å². The molecule has 5 rings (SSSR count). The second kappa shape index (κ2) is 12.8. The zero-order valence-corrected chi connectivity index (χ0v) is 22.4. The van der Waals surface area contributed by atoms with Crippen LogP contribution in [0.15, 0.2) is 24.9 Å². The molecule has 1 atom stereocenters. The molecule has 0 bridgehead atoms. The van der Waals surface area contributed by atoms with Gasteiger partial charge in [0.05, 0.1) is 36.2 Å². The number of amides is 1. The summed E-state index contributed by atoms with van der Waals surface area (Å²) < 4.78 is 9.04. The Labute approximate surface area is 219 Å². The predicted molar refractivity (Wildman–Crippen MR) is 146 cm³/mol. The number of pyridine rings is 1. The number of nitrogens with zero attached hydrogens (tertiary/aromatic N) is 6. The van der Waals surface area contributed by atoms with E-state index in [-0.39, 0.29) is 6.04 Å². The van der Waals surface area contributed by atoms with Crippen molar-refractivity contribution >= 4 is 23.1 Å². The molecule has 1 fully saturated rings. The van der Waals surface area contributed by atoms with Gasteiger partial charge in [-0.25, -0.2) is 4.98 Å². The first-order valence-corrected chi connectivity index (χ1v) is 13.2. The summed E-state index contributed by atoms with van der Waals surface area (Å²) in [4.78, 5) is 17.7. The van der Waals surface area contributed by atoms with Crippen LogP contribution in [-0.4, -0.2) is 69.8 Å². The normalized spacial score (nSPS) is 16.0. The number of unbranched alkanes of at least 4 members (excludes halogenated alkanes) is 1. The van der Waals surface area contributed by atoms with E-state index >= 15 is 0 Å². The third-order valence-electron chi connectivity index (χ3n) is 7.03. The van der Waals surface area contributed by atoms with E-state index in [0.29, 0.717) is 0 Å². The van der Waals surface area contributed by atoms with E-state index in [1.54, 1.807) is 6.08 Å². The van der Waals surface area contributed by atoms with Crippen LogP contribution in [0.5, 0.6) is 0 Å². The van der Waals surface area contributed by atoms with Crippen LogP contribution < -0.4 is 15.5 Å². The molecule has 0 spiro atoms. The third kappa shape index (κ3) is 6.56. The summed E-state index contributed by atoms with van der Waals surface area (Å²) in [6, 6.07) is 2.21. The van der Waals surface area contributed by atoms with Crippen LogP contribution >= 0.6 is 0 Å². The number of morpholine rings is 1. The molecule has 1 unspecified atom stereocenters. The second-order valence-electron chi connectivity index (χ2n) is 9.68. The number of hydrogen-bond acceptors (Lipinski definition) is 7. The molecule has 0 radical (unpaired) electrons. The number of carbonyl (C=O) groups excluding carboxylic acids is 1. The van der Waals surface area contributed by atoms with Gasteiger partial charge in [0.2, 0.25) is 6.41 Å². The minimum absolute atomic E-state index is 0.0486. The number of ether oxygens (including phenoxy) is 1. The Kier molecular flexibility index (Phi) is 9.29. The molecule has 2 N–H and O–H groups in total. The lowest BCUT2D eigenvalue weighted by atomic mass is 10.0. The number of aromatic nitrogens is 5. The van der Waals surface area contributed by atoms with Crippen molar-refractivity contribution in [2.24, 2.45) is 7.05 Å². The van der Waals surface area contributed by atoms with E-state index in [2.05, 4.69) is 49.9 Å². The molecular weight excluding hydrogens is 468 g/mol. The SMILES string of the molecule is C1COCCN1.C=CC(CCCCn1nc(C)c2c1CCN(c1cc(C)nc3c1cnn3C)C2)NC=O. The zero-order chi connectivity index (χ0) is 26.2. The molecule has 37 heavy (non-hydrogen) atoms. The summed E-state index contributed by atoms with van der Waals surface area (Å²) in [5.74, 6) is 0. The molecule has 1 amide bonds. The first-order chi connectivity index (χ1) is 18.0. The van der Waals surface area contributed by atoms with Crippen molar-refractivity contribution in [3.8, 4) is 0 Å². The van der Waals surface area contributed by atoms with Gasteiger partial charge in [0.25, 0.3) is 0 Å². The van der Waals surface area contributed by atoms with E-state index in [1.165, 1.54) is 16.9 Å². The fourth-order valence-electron chi connectivity index (χ4n) is 5.03. The lowest BCUT2D eigenvalue weighted by Crippen LogP contribution is -2.31. The van der Waals surface area contributed by atoms with Crippen molar-refractivity contribution in [1.82, 2.24) is 35.2 Å². The summed E-state index contributed by atoms with van der Waals surface area (Å²) in [6.45, 7) is 14.5. The smallest absolute Gasteiger partial charge is 0.207 e. The highest BCUT2D eigenvalue weighted by atomic mass is 16.5. The number of nitrogens with one attached hydrogen (secondary N) is 2. The molecule has 5 heterocycles. The Hall–Kier alpha value is -3.24. The lowest BCUT2D eigenvalue weighted by Gasteiger charge is -2.30. The standard InChI is InChI=1S/C23H31N7O.C4H9NO/c1-5-18(24-15-31)8-6-7-10-30-21-9-11-29(14-20(21)17(3)27-30)22-12-16(2)26-23-19(22)13-25-28(23)4;1-3-6-4-2-5-1/h5,12-13,15,18H,1,6-11,14H2,2-4H3,(H,24,31);5H,1-4H2. The summed E-state index contributed by atoms with van der Waals surface area (Å²) in [5, 5.41) is 16.3. The molecule has 0 saturated carbocycles. The van der Waals surface area contributed by atoms with E-state index < -0.39 is 0 Å². The van der Waals surface area contributed by atoms with Crippen molar-refractivity contribution < 1.29 is 9.53 Å². The molecule has 2 aliphatic heterocycles. The van der Waals surface area contributed by atoms with Crippen molar-refractivity contribution in [1.29, 1.82) is 0 Å². The Morgan fingerprint density at radius 1 is 1.27 bits per heavy atom. The third-order valence-corrected chi connectivity index (χ3v) is 7.03. The molecule has 0 aliphatic carbocycles. The van der Waals surface area contributed by atoms with Gasteiger partial charge in [0.1, 0.15) is 0 Å². The van der Waals surface area contributed by atoms with Crippen LogP contribution in [0.4, 0.5) is 5.69 Å². The van der Waals surface area contributed by atoms with Crippen LogP contribution in [-0.2, 0) is 36.1 Å². The van der Waals surface area contributed by atoms with Crippen LogP contribution in [0.3, 0.4) is 0 Å². The quantitative estimate of drug-likeness (QED) is 0.260. The van der Waals surface area contributed by atoms with Crippen LogP contribution in [0.2, 0.25) is 0 Å². The first kappa shape index (κ1) is 26.8. The fraction of sp³-hybridized carbons (Fsp3) is 0.556. The Morgan fingerprint density at radius 2 is 2.08 bits per heavy atom.